The van der Waals surface area contributed by atoms with Crippen LogP contribution in [-0.4, -0.2) is 19.3 Å². The van der Waals surface area contributed by atoms with E-state index in [1.54, 1.807) is 0 Å². The van der Waals surface area contributed by atoms with Crippen LogP contribution in [0.5, 0.6) is 11.5 Å². The summed E-state index contributed by atoms with van der Waals surface area (Å²) in [5, 5.41) is 7.53. The smallest absolute Gasteiger partial charge is 0.509 e. The van der Waals surface area contributed by atoms with Crippen molar-refractivity contribution in [3.05, 3.63) is 125 Å². The van der Waals surface area contributed by atoms with E-state index in [1.165, 1.54) is 28.8 Å². The summed E-state index contributed by atoms with van der Waals surface area (Å²) in [5.41, 5.74) is 11.4. The number of hydrogen-bond acceptors (Lipinski definition) is 3. The van der Waals surface area contributed by atoms with E-state index in [0.29, 0.717) is 35.2 Å². The molecule has 0 bridgehead atoms. The van der Waals surface area contributed by atoms with Crippen LogP contribution in [0, 0.1) is 36.8 Å². The van der Waals surface area contributed by atoms with Gasteiger partial charge in [0.2, 0.25) is 0 Å². The van der Waals surface area contributed by atoms with Crippen molar-refractivity contribution in [2.24, 2.45) is 17.8 Å². The van der Waals surface area contributed by atoms with Gasteiger partial charge in [-0.25, -0.2) is 4.98 Å². The van der Waals surface area contributed by atoms with Gasteiger partial charge in [-0.2, -0.15) is 11.2 Å². The Balaban J connectivity index is 0.00000497. The van der Waals surface area contributed by atoms with E-state index in [9.17, 15) is 0 Å². The third-order valence-electron chi connectivity index (χ3n) is 11.0. The van der Waals surface area contributed by atoms with Gasteiger partial charge in [-0.15, -0.1) is 41.3 Å². The first-order valence-corrected chi connectivity index (χ1v) is 19.6. The van der Waals surface area contributed by atoms with E-state index >= 15 is 0 Å². The van der Waals surface area contributed by atoms with Crippen molar-refractivity contribution in [3.63, 3.8) is 0 Å². The molecule has 1 unspecified atom stereocenters. The second-order valence-electron chi connectivity index (χ2n) is 15.9. The average molecular weight is 898 g/mol. The Labute approximate surface area is 336 Å². The molecular weight excluding hydrogens is 844 g/mol. The summed E-state index contributed by atoms with van der Waals surface area (Å²) < 4.78 is 11.1. The molecule has 1 aliphatic carbocycles. The molecule has 0 aliphatic heterocycles. The molecule has 6 aromatic rings. The number of hydrogen-bond donors (Lipinski definition) is 0. The maximum absolute atomic E-state index is 6.70. The topological polar surface area (TPSA) is 44.9 Å². The van der Waals surface area contributed by atoms with Gasteiger partial charge < -0.3 is 9.30 Å². The van der Waals surface area contributed by atoms with Crippen molar-refractivity contribution in [2.45, 2.75) is 99.8 Å². The first-order valence-electron chi connectivity index (χ1n) is 19.6. The van der Waals surface area contributed by atoms with Crippen LogP contribution in [0.4, 0.5) is 0 Å². The Morgan fingerprint density at radius 1 is 0.981 bits per heavy atom. The van der Waals surface area contributed by atoms with Gasteiger partial charge in [0.25, 0.3) is 0 Å². The van der Waals surface area contributed by atoms with E-state index < -0.39 is 0 Å². The van der Waals surface area contributed by atoms with E-state index in [1.807, 2.05) is 25.3 Å². The summed E-state index contributed by atoms with van der Waals surface area (Å²) in [5.74, 6) is 4.20. The molecular formula is C48H54N4OPt. The van der Waals surface area contributed by atoms with Crippen LogP contribution in [0.2, 0.25) is 0 Å². The van der Waals surface area contributed by atoms with Gasteiger partial charge in [-0.1, -0.05) is 88.6 Å². The summed E-state index contributed by atoms with van der Waals surface area (Å²) in [4.78, 5) is 4.84. The van der Waals surface area contributed by atoms with Crippen LogP contribution in [0.15, 0.2) is 85.1 Å². The van der Waals surface area contributed by atoms with Crippen molar-refractivity contribution < 1.29 is 25.8 Å². The second kappa shape index (κ2) is 16.7. The molecule has 0 amide bonds. The van der Waals surface area contributed by atoms with Crippen LogP contribution in [0.3, 0.4) is 0 Å². The predicted molar refractivity (Wildman–Crippen MR) is 221 cm³/mol. The molecule has 0 saturated carbocycles. The van der Waals surface area contributed by atoms with Crippen molar-refractivity contribution in [3.8, 4) is 23.0 Å². The molecule has 0 saturated heterocycles. The van der Waals surface area contributed by atoms with E-state index in [2.05, 4.69) is 131 Å². The number of nitrogens with zero attached hydrogens (tertiary/aromatic N) is 4. The van der Waals surface area contributed by atoms with Gasteiger partial charge in [0, 0.05) is 40.4 Å². The third-order valence-corrected chi connectivity index (χ3v) is 11.0. The number of benzene rings is 3. The van der Waals surface area contributed by atoms with Gasteiger partial charge in [0.15, 0.2) is 0 Å². The SMILES string of the molecule is C=C(C)c1cc(Oc2[c-]c3c(cc2)c2ccccc2n3-c2cc(CCCC)ccn2)[c-]c(-n2nc(C)c(C3C(C)=C[C@H](C)C[C@@H]3C)c2CCC(C)C)c1.[Pt+2]. The normalized spacial score (nSPS) is 17.2. The van der Waals surface area contributed by atoms with Crippen LogP contribution in [-0.2, 0) is 33.9 Å². The molecule has 0 radical (unpaired) electrons. The second-order valence-corrected chi connectivity index (χ2v) is 15.9. The summed E-state index contributed by atoms with van der Waals surface area (Å²) in [6.45, 7) is 22.4. The zero-order valence-corrected chi connectivity index (χ0v) is 35.5. The van der Waals surface area contributed by atoms with E-state index in [-0.39, 0.29) is 21.1 Å². The van der Waals surface area contributed by atoms with Crippen LogP contribution >= 0.6 is 0 Å². The van der Waals surface area contributed by atoms with Crippen LogP contribution in [0.25, 0.3) is 38.9 Å². The molecule has 3 aromatic carbocycles. The molecule has 0 N–H and O–H groups in total. The van der Waals surface area contributed by atoms with Gasteiger partial charge in [0.05, 0.1) is 5.69 Å². The number of para-hydroxylation sites is 1. The first-order chi connectivity index (χ1) is 25.5. The maximum Gasteiger partial charge on any atom is 2.00 e. The Hall–Kier alpha value is -4.21. The minimum absolute atomic E-state index is 0. The van der Waals surface area contributed by atoms with Crippen molar-refractivity contribution in [1.29, 1.82) is 0 Å². The molecule has 54 heavy (non-hydrogen) atoms. The molecule has 7 rings (SSSR count). The fourth-order valence-electron chi connectivity index (χ4n) is 8.51. The fraction of sp³-hybridized carbons (Fsp3) is 0.375. The molecule has 5 nitrogen and oxygen atoms in total. The number of fused-ring (bicyclic) bond motifs is 3. The monoisotopic (exact) mass is 897 g/mol. The molecule has 3 aromatic heterocycles. The molecule has 6 heteroatoms. The van der Waals surface area contributed by atoms with Crippen LogP contribution in [0.1, 0.15) is 108 Å². The third kappa shape index (κ3) is 7.94. The number of allylic oxidation sites excluding steroid dienone is 3. The van der Waals surface area contributed by atoms with Gasteiger partial charge in [-0.05, 0) is 105 Å². The van der Waals surface area contributed by atoms with E-state index in [0.717, 1.165) is 82.2 Å². The summed E-state index contributed by atoms with van der Waals surface area (Å²) in [6.07, 6.45) is 11.0. The van der Waals surface area contributed by atoms with Gasteiger partial charge in [0.1, 0.15) is 5.82 Å². The first kappa shape index (κ1) is 39.5. The van der Waals surface area contributed by atoms with Crippen molar-refractivity contribution >= 4 is 27.4 Å². The largest absolute Gasteiger partial charge is 2.00 e. The summed E-state index contributed by atoms with van der Waals surface area (Å²) in [7, 11) is 0. The molecule has 3 atom stereocenters. The zero-order chi connectivity index (χ0) is 37.4. The van der Waals surface area contributed by atoms with E-state index in [4.69, 9.17) is 14.8 Å². The number of aromatic nitrogens is 4. The molecule has 282 valence electrons. The summed E-state index contributed by atoms with van der Waals surface area (Å²) >= 11 is 0. The van der Waals surface area contributed by atoms with Gasteiger partial charge in [-0.3, -0.25) is 4.68 Å². The number of aryl methyl sites for hydroxylation is 2. The number of ether oxygens (including phenoxy) is 1. The molecule has 0 spiro atoms. The molecule has 1 aliphatic rings. The standard InChI is InChI=1S/C48H54N4O.Pt/c1-10-11-14-36-21-22-49-46(25-36)51-43-16-13-12-15-41(43)42-19-18-39(29-45(42)51)53-40-27-37(31(4)5)26-38(28-40)52-44(20-17-30(2)3)48(35(9)50-52)47-33(7)23-32(6)24-34(47)8;/h12-13,15-16,18-19,21-23,25-27,30,32,34,47H,4,10-11,14,17,20,24H2,1-3,5-9H3;/q-2;+2/t32-,34-,47?;/m0./s1. The van der Waals surface area contributed by atoms with Crippen LogP contribution < -0.4 is 4.74 Å². The number of rotatable bonds is 12. The molecule has 0 fully saturated rings. The Kier molecular flexibility index (Phi) is 12.2. The van der Waals surface area contributed by atoms with Crippen molar-refractivity contribution in [1.82, 2.24) is 19.3 Å². The average Bonchev–Trinajstić information content (AvgIpc) is 3.63. The minimum atomic E-state index is 0. The fourth-order valence-corrected chi connectivity index (χ4v) is 8.51. The maximum atomic E-state index is 6.70. The number of unbranched alkanes of at least 4 members (excludes halogenated alkanes) is 1. The molecule has 3 heterocycles. The predicted octanol–water partition coefficient (Wildman–Crippen LogP) is 12.7. The number of pyridine rings is 1. The van der Waals surface area contributed by atoms with Crippen molar-refractivity contribution in [2.75, 3.05) is 0 Å². The van der Waals surface area contributed by atoms with Gasteiger partial charge >= 0.3 is 21.1 Å². The Bertz CT molecular complexity index is 2320. The Morgan fingerprint density at radius 3 is 2.52 bits per heavy atom. The quantitative estimate of drug-likeness (QED) is 0.0908. The Morgan fingerprint density at radius 2 is 1.78 bits per heavy atom. The summed E-state index contributed by atoms with van der Waals surface area (Å²) in [6, 6.07) is 28.4. The minimum Gasteiger partial charge on any atom is -0.509 e. The zero-order valence-electron chi connectivity index (χ0n) is 33.2.